The lowest BCUT2D eigenvalue weighted by Gasteiger charge is -2.17. The van der Waals surface area contributed by atoms with Gasteiger partial charge in [0.25, 0.3) is 0 Å². The fourth-order valence-electron chi connectivity index (χ4n) is 2.70. The molecule has 23 heavy (non-hydrogen) atoms. The fraction of sp³-hybridized carbons (Fsp3) is 0.400. The van der Waals surface area contributed by atoms with Gasteiger partial charge in [-0.1, -0.05) is 0 Å². The number of H-pyrrole nitrogens is 1. The van der Waals surface area contributed by atoms with Gasteiger partial charge in [-0.15, -0.1) is 0 Å². The SMILES string of the molecule is CN(Cc1n[nH]c2c1CCC2)C(=O)NCc1ccc(C(=O)O)o1. The van der Waals surface area contributed by atoms with E-state index in [9.17, 15) is 9.59 Å². The molecular weight excluding hydrogens is 300 g/mol. The summed E-state index contributed by atoms with van der Waals surface area (Å²) < 4.78 is 5.09. The highest BCUT2D eigenvalue weighted by atomic mass is 16.4. The van der Waals surface area contributed by atoms with E-state index in [1.54, 1.807) is 7.05 Å². The molecule has 8 heteroatoms. The zero-order valence-corrected chi connectivity index (χ0v) is 12.8. The second-order valence-corrected chi connectivity index (χ2v) is 5.57. The number of hydrogen-bond donors (Lipinski definition) is 3. The molecule has 0 fully saturated rings. The van der Waals surface area contributed by atoms with Crippen molar-refractivity contribution in [3.63, 3.8) is 0 Å². The number of aromatic amines is 1. The molecule has 0 saturated carbocycles. The van der Waals surface area contributed by atoms with Crippen LogP contribution in [0.2, 0.25) is 0 Å². The van der Waals surface area contributed by atoms with E-state index in [4.69, 9.17) is 9.52 Å². The van der Waals surface area contributed by atoms with E-state index in [-0.39, 0.29) is 18.3 Å². The Kier molecular flexibility index (Phi) is 4.05. The Hall–Kier alpha value is -2.77. The average molecular weight is 318 g/mol. The van der Waals surface area contributed by atoms with Crippen LogP contribution in [-0.2, 0) is 25.9 Å². The summed E-state index contributed by atoms with van der Waals surface area (Å²) in [5, 5.41) is 18.8. The zero-order valence-electron chi connectivity index (χ0n) is 12.8. The summed E-state index contributed by atoms with van der Waals surface area (Å²) >= 11 is 0. The number of amides is 2. The molecule has 1 aliphatic carbocycles. The fourth-order valence-corrected chi connectivity index (χ4v) is 2.70. The number of carboxylic acid groups (broad SMARTS) is 1. The first-order chi connectivity index (χ1) is 11.0. The van der Waals surface area contributed by atoms with Gasteiger partial charge in [0.15, 0.2) is 0 Å². The quantitative estimate of drug-likeness (QED) is 0.774. The number of nitrogens with one attached hydrogen (secondary N) is 2. The van der Waals surface area contributed by atoms with Gasteiger partial charge in [-0.3, -0.25) is 5.10 Å². The Morgan fingerprint density at radius 1 is 1.43 bits per heavy atom. The number of aryl methyl sites for hydroxylation is 1. The van der Waals surface area contributed by atoms with Crippen LogP contribution in [0.3, 0.4) is 0 Å². The van der Waals surface area contributed by atoms with Gasteiger partial charge in [0.1, 0.15) is 5.76 Å². The number of nitrogens with zero attached hydrogens (tertiary/aromatic N) is 2. The molecule has 8 nitrogen and oxygen atoms in total. The highest BCUT2D eigenvalue weighted by molar-refractivity contribution is 5.84. The van der Waals surface area contributed by atoms with Crippen LogP contribution in [0.5, 0.6) is 0 Å². The third-order valence-electron chi connectivity index (χ3n) is 3.91. The number of aromatic carboxylic acids is 1. The van der Waals surface area contributed by atoms with Crippen LogP contribution in [0.25, 0.3) is 0 Å². The molecule has 0 radical (unpaired) electrons. The second kappa shape index (κ2) is 6.15. The van der Waals surface area contributed by atoms with Crippen molar-refractivity contribution < 1.29 is 19.1 Å². The number of rotatable bonds is 5. The lowest BCUT2D eigenvalue weighted by molar-refractivity contribution is 0.0660. The van der Waals surface area contributed by atoms with E-state index in [2.05, 4.69) is 15.5 Å². The van der Waals surface area contributed by atoms with Gasteiger partial charge >= 0.3 is 12.0 Å². The molecule has 0 aromatic carbocycles. The standard InChI is InChI=1S/C15H18N4O4/c1-19(8-12-10-3-2-4-11(10)17-18-12)15(22)16-7-9-5-6-13(23-9)14(20)21/h5-6H,2-4,7-8H2,1H3,(H,16,22)(H,17,18)(H,20,21). The van der Waals surface area contributed by atoms with Crippen molar-refractivity contribution in [2.45, 2.75) is 32.4 Å². The summed E-state index contributed by atoms with van der Waals surface area (Å²) in [5.74, 6) is -0.883. The van der Waals surface area contributed by atoms with Crippen molar-refractivity contribution in [1.82, 2.24) is 20.4 Å². The molecule has 0 spiro atoms. The summed E-state index contributed by atoms with van der Waals surface area (Å²) in [6, 6.07) is 2.62. The largest absolute Gasteiger partial charge is 0.475 e. The number of carboxylic acids is 1. The second-order valence-electron chi connectivity index (χ2n) is 5.57. The van der Waals surface area contributed by atoms with E-state index in [0.717, 1.165) is 25.0 Å². The Morgan fingerprint density at radius 3 is 3.00 bits per heavy atom. The third-order valence-corrected chi connectivity index (χ3v) is 3.91. The molecule has 1 aliphatic rings. The molecule has 122 valence electrons. The monoisotopic (exact) mass is 318 g/mol. The van der Waals surface area contributed by atoms with Gasteiger partial charge in [-0.2, -0.15) is 5.10 Å². The number of fused-ring (bicyclic) bond motifs is 1. The highest BCUT2D eigenvalue weighted by Gasteiger charge is 2.20. The summed E-state index contributed by atoms with van der Waals surface area (Å²) in [6.45, 7) is 0.561. The lowest BCUT2D eigenvalue weighted by atomic mass is 10.2. The van der Waals surface area contributed by atoms with E-state index >= 15 is 0 Å². The van der Waals surface area contributed by atoms with Crippen molar-refractivity contribution in [2.75, 3.05) is 7.05 Å². The van der Waals surface area contributed by atoms with E-state index in [1.807, 2.05) is 0 Å². The number of hydrogen-bond acceptors (Lipinski definition) is 4. The zero-order chi connectivity index (χ0) is 16.4. The van der Waals surface area contributed by atoms with Crippen LogP contribution < -0.4 is 5.32 Å². The van der Waals surface area contributed by atoms with Crippen LogP contribution in [0.4, 0.5) is 4.79 Å². The van der Waals surface area contributed by atoms with Gasteiger partial charge in [0, 0.05) is 12.7 Å². The first-order valence-electron chi connectivity index (χ1n) is 7.40. The van der Waals surface area contributed by atoms with E-state index in [1.165, 1.54) is 28.3 Å². The van der Waals surface area contributed by atoms with Crippen molar-refractivity contribution in [3.8, 4) is 0 Å². The molecule has 3 rings (SSSR count). The predicted molar refractivity (Wildman–Crippen MR) is 80.0 cm³/mol. The average Bonchev–Trinajstić information content (AvgIpc) is 3.22. The normalized spacial score (nSPS) is 12.9. The Labute approximate surface area is 132 Å². The minimum atomic E-state index is -1.13. The number of carbonyl (C=O) groups is 2. The number of carbonyl (C=O) groups excluding carboxylic acids is 1. The molecule has 0 atom stereocenters. The molecule has 0 unspecified atom stereocenters. The summed E-state index contributed by atoms with van der Waals surface area (Å²) in [6.07, 6.45) is 3.14. The maximum absolute atomic E-state index is 12.1. The van der Waals surface area contributed by atoms with Crippen LogP contribution >= 0.6 is 0 Å². The van der Waals surface area contributed by atoms with Crippen molar-refractivity contribution >= 4 is 12.0 Å². The Bertz CT molecular complexity index is 734. The number of furan rings is 1. The number of urea groups is 1. The maximum Gasteiger partial charge on any atom is 0.371 e. The molecule has 2 amide bonds. The Balaban J connectivity index is 1.54. The molecule has 3 N–H and O–H groups in total. The van der Waals surface area contributed by atoms with Crippen molar-refractivity contribution in [3.05, 3.63) is 40.6 Å². The molecule has 0 saturated heterocycles. The molecule has 2 aromatic heterocycles. The van der Waals surface area contributed by atoms with Crippen LogP contribution in [0.15, 0.2) is 16.5 Å². The van der Waals surface area contributed by atoms with Crippen LogP contribution in [0.1, 0.15) is 39.7 Å². The molecule has 0 aliphatic heterocycles. The molecule has 2 heterocycles. The molecular formula is C15H18N4O4. The predicted octanol–water partition coefficient (Wildman–Crippen LogP) is 1.53. The third kappa shape index (κ3) is 3.20. The highest BCUT2D eigenvalue weighted by Crippen LogP contribution is 2.23. The van der Waals surface area contributed by atoms with E-state index < -0.39 is 5.97 Å². The minimum Gasteiger partial charge on any atom is -0.475 e. The van der Waals surface area contributed by atoms with Gasteiger partial charge in [0.05, 0.1) is 18.8 Å². The van der Waals surface area contributed by atoms with Crippen LogP contribution in [-0.4, -0.2) is 39.3 Å². The van der Waals surface area contributed by atoms with Crippen molar-refractivity contribution in [1.29, 1.82) is 0 Å². The van der Waals surface area contributed by atoms with E-state index in [0.29, 0.717) is 12.3 Å². The van der Waals surface area contributed by atoms with Gasteiger partial charge in [-0.25, -0.2) is 9.59 Å². The Morgan fingerprint density at radius 2 is 2.26 bits per heavy atom. The summed E-state index contributed by atoms with van der Waals surface area (Å²) in [5.41, 5.74) is 3.30. The molecule has 2 aromatic rings. The first-order valence-corrected chi connectivity index (χ1v) is 7.40. The van der Waals surface area contributed by atoms with Gasteiger partial charge in [-0.05, 0) is 37.0 Å². The number of aromatic nitrogens is 2. The molecule has 0 bridgehead atoms. The maximum atomic E-state index is 12.1. The summed E-state index contributed by atoms with van der Waals surface area (Å²) in [4.78, 5) is 24.4. The minimum absolute atomic E-state index is 0.134. The smallest absolute Gasteiger partial charge is 0.371 e. The van der Waals surface area contributed by atoms with Crippen LogP contribution in [0, 0.1) is 0 Å². The first kappa shape index (κ1) is 15.1. The summed E-state index contributed by atoms with van der Waals surface area (Å²) in [7, 11) is 1.69. The van der Waals surface area contributed by atoms with Gasteiger partial charge < -0.3 is 19.7 Å². The van der Waals surface area contributed by atoms with Gasteiger partial charge in [0.2, 0.25) is 5.76 Å². The lowest BCUT2D eigenvalue weighted by Crippen LogP contribution is -2.36. The van der Waals surface area contributed by atoms with Crippen molar-refractivity contribution in [2.24, 2.45) is 0 Å². The topological polar surface area (TPSA) is 111 Å².